The van der Waals surface area contributed by atoms with E-state index in [9.17, 15) is 18.0 Å². The summed E-state index contributed by atoms with van der Waals surface area (Å²) in [4.78, 5) is 30.6. The molecule has 0 unspecified atom stereocenters. The van der Waals surface area contributed by atoms with E-state index in [1.54, 1.807) is 0 Å². The smallest absolute Gasteiger partial charge is 0.324 e. The van der Waals surface area contributed by atoms with Crippen LogP contribution in [0.4, 0.5) is 24.8 Å². The van der Waals surface area contributed by atoms with Crippen LogP contribution in [-0.4, -0.2) is 42.0 Å². The third-order valence-corrected chi connectivity index (χ3v) is 8.18. The monoisotopic (exact) mass is 536 g/mol. The summed E-state index contributed by atoms with van der Waals surface area (Å²) in [6.07, 6.45) is 1.40. The average molecular weight is 537 g/mol. The van der Waals surface area contributed by atoms with Gasteiger partial charge < -0.3 is 10.6 Å². The number of halogens is 3. The highest BCUT2D eigenvalue weighted by Gasteiger charge is 2.66. The number of alkyl halides is 3. The van der Waals surface area contributed by atoms with Gasteiger partial charge in [-0.2, -0.15) is 18.2 Å². The zero-order valence-corrected chi connectivity index (χ0v) is 21.5. The Bertz CT molecular complexity index is 1680. The second-order valence-corrected chi connectivity index (χ2v) is 11.1. The largest absolute Gasteiger partial charge is 0.401 e. The van der Waals surface area contributed by atoms with E-state index >= 15 is 0 Å². The van der Waals surface area contributed by atoms with E-state index in [0.29, 0.717) is 0 Å². The molecule has 0 saturated heterocycles. The molecule has 1 spiro atoms. The van der Waals surface area contributed by atoms with Gasteiger partial charge in [0.25, 0.3) is 5.56 Å². The highest BCUT2D eigenvalue weighted by Crippen LogP contribution is 2.57. The van der Waals surface area contributed by atoms with Gasteiger partial charge >= 0.3 is 6.18 Å². The zero-order chi connectivity index (χ0) is 27.2. The van der Waals surface area contributed by atoms with Crippen molar-refractivity contribution in [1.82, 2.24) is 34.6 Å². The SMILES string of the molecule is CC(C)n1c(=O)c2cnc(Nc3ccc4c(c3)CCNC43CC3)nc2n1-c1ccnc(C2(C(F)(F)F)CC2)n1. The molecule has 4 heterocycles. The first-order valence-corrected chi connectivity index (χ1v) is 13.2. The molecule has 1 aromatic carbocycles. The topological polar surface area (TPSA) is 103 Å². The van der Waals surface area contributed by atoms with Gasteiger partial charge in [0.2, 0.25) is 5.95 Å². The third-order valence-electron chi connectivity index (χ3n) is 8.18. The van der Waals surface area contributed by atoms with Gasteiger partial charge in [-0.25, -0.2) is 24.3 Å². The Kier molecular flexibility index (Phi) is 5.04. The van der Waals surface area contributed by atoms with Gasteiger partial charge in [0.1, 0.15) is 16.6 Å². The Hall–Kier alpha value is -3.80. The van der Waals surface area contributed by atoms with Gasteiger partial charge in [0.15, 0.2) is 11.5 Å². The molecule has 4 aromatic rings. The van der Waals surface area contributed by atoms with Crippen LogP contribution in [0.5, 0.6) is 0 Å². The van der Waals surface area contributed by atoms with Crippen LogP contribution in [-0.2, 0) is 17.4 Å². The molecule has 2 aliphatic carbocycles. The number of hydrogen-bond acceptors (Lipinski definition) is 7. The lowest BCUT2D eigenvalue weighted by Gasteiger charge is -2.27. The van der Waals surface area contributed by atoms with Crippen LogP contribution in [0.25, 0.3) is 16.9 Å². The predicted octanol–water partition coefficient (Wildman–Crippen LogP) is 4.43. The Morgan fingerprint density at radius 2 is 1.87 bits per heavy atom. The number of aromatic nitrogens is 6. The van der Waals surface area contributed by atoms with E-state index in [4.69, 9.17) is 0 Å². The fourth-order valence-corrected chi connectivity index (χ4v) is 5.78. The lowest BCUT2D eigenvalue weighted by atomic mass is 9.92. The van der Waals surface area contributed by atoms with Crippen molar-refractivity contribution in [3.63, 3.8) is 0 Å². The molecule has 1 aliphatic heterocycles. The van der Waals surface area contributed by atoms with Crippen molar-refractivity contribution in [2.24, 2.45) is 0 Å². The number of fused-ring (bicyclic) bond motifs is 3. The Labute approximate surface area is 221 Å². The van der Waals surface area contributed by atoms with Crippen LogP contribution < -0.4 is 16.2 Å². The first-order valence-electron chi connectivity index (χ1n) is 13.2. The van der Waals surface area contributed by atoms with Crippen LogP contribution in [0.2, 0.25) is 0 Å². The summed E-state index contributed by atoms with van der Waals surface area (Å²) >= 11 is 0. The van der Waals surface area contributed by atoms with Gasteiger partial charge in [-0.3, -0.25) is 4.79 Å². The number of nitrogens with zero attached hydrogens (tertiary/aromatic N) is 6. The number of anilines is 2. The fourth-order valence-electron chi connectivity index (χ4n) is 5.78. The Morgan fingerprint density at radius 1 is 1.08 bits per heavy atom. The summed E-state index contributed by atoms with van der Waals surface area (Å²) in [6, 6.07) is 7.42. The maximum absolute atomic E-state index is 13.8. The van der Waals surface area contributed by atoms with Crippen molar-refractivity contribution in [2.45, 2.75) is 69.1 Å². The second-order valence-electron chi connectivity index (χ2n) is 11.1. The number of nitrogens with one attached hydrogen (secondary N) is 2. The van der Waals surface area contributed by atoms with E-state index < -0.39 is 11.6 Å². The number of rotatable bonds is 5. The first-order chi connectivity index (χ1) is 18.6. The third kappa shape index (κ3) is 3.68. The van der Waals surface area contributed by atoms with Crippen molar-refractivity contribution in [1.29, 1.82) is 0 Å². The molecule has 3 aliphatic rings. The minimum atomic E-state index is -4.45. The van der Waals surface area contributed by atoms with E-state index in [1.165, 1.54) is 39.0 Å². The van der Waals surface area contributed by atoms with Crippen molar-refractivity contribution < 1.29 is 13.2 Å². The van der Waals surface area contributed by atoms with Crippen LogP contribution in [0.3, 0.4) is 0 Å². The summed E-state index contributed by atoms with van der Waals surface area (Å²) < 4.78 is 44.4. The molecule has 2 N–H and O–H groups in total. The molecule has 202 valence electrons. The van der Waals surface area contributed by atoms with E-state index in [2.05, 4.69) is 42.7 Å². The molecule has 0 radical (unpaired) electrons. The highest BCUT2D eigenvalue weighted by molar-refractivity contribution is 5.77. The molecule has 0 bridgehead atoms. The quantitative estimate of drug-likeness (QED) is 0.389. The van der Waals surface area contributed by atoms with Crippen LogP contribution in [0.15, 0.2) is 41.5 Å². The summed E-state index contributed by atoms with van der Waals surface area (Å²) in [5, 5.41) is 7.12. The lowest BCUT2D eigenvalue weighted by molar-refractivity contribution is -0.162. The Balaban J connectivity index is 1.31. The van der Waals surface area contributed by atoms with Crippen molar-refractivity contribution in [3.8, 4) is 5.82 Å². The molecule has 7 rings (SSSR count). The standard InChI is InChI=1S/C27H27F3N8O/c1-15(2)37-22(39)18-14-32-24(34-17-3-4-19-16(13-17)5-12-33-26(19)9-10-26)36-21(18)38(37)20-6-11-31-23(35-20)25(7-8-25)27(28,29)30/h3-4,6,11,13-15,33H,5,7-10,12H2,1-2H3,(H,32,34,36). The molecule has 0 amide bonds. The molecule has 0 atom stereocenters. The lowest BCUT2D eigenvalue weighted by Crippen LogP contribution is -2.36. The van der Waals surface area contributed by atoms with Crippen LogP contribution in [0.1, 0.15) is 62.5 Å². The minimum Gasteiger partial charge on any atom is -0.324 e. The normalized spacial score (nSPS) is 18.9. The van der Waals surface area contributed by atoms with Gasteiger partial charge in [-0.15, -0.1) is 0 Å². The maximum atomic E-state index is 13.8. The first kappa shape index (κ1) is 24.3. The summed E-state index contributed by atoms with van der Waals surface area (Å²) in [5.41, 5.74) is 1.44. The van der Waals surface area contributed by atoms with Gasteiger partial charge in [-0.1, -0.05) is 6.07 Å². The molecule has 2 fully saturated rings. The fraction of sp³-hybridized carbons (Fsp3) is 0.444. The predicted molar refractivity (Wildman–Crippen MR) is 138 cm³/mol. The van der Waals surface area contributed by atoms with E-state index in [-0.39, 0.29) is 58.6 Å². The van der Waals surface area contributed by atoms with Crippen molar-refractivity contribution in [3.05, 3.63) is 64.0 Å². The van der Waals surface area contributed by atoms with Crippen LogP contribution in [0, 0.1) is 0 Å². The van der Waals surface area contributed by atoms with Crippen LogP contribution >= 0.6 is 0 Å². The highest BCUT2D eigenvalue weighted by atomic mass is 19.4. The average Bonchev–Trinajstić information content (AvgIpc) is 3.82. The summed E-state index contributed by atoms with van der Waals surface area (Å²) in [7, 11) is 0. The maximum Gasteiger partial charge on any atom is 0.401 e. The molecular formula is C27H27F3N8O. The zero-order valence-electron chi connectivity index (χ0n) is 21.5. The number of hydrogen-bond donors (Lipinski definition) is 2. The molecule has 9 nitrogen and oxygen atoms in total. The van der Waals surface area contributed by atoms with Gasteiger partial charge in [0.05, 0.1) is 0 Å². The minimum absolute atomic E-state index is 0.0580. The molecule has 2 saturated carbocycles. The van der Waals surface area contributed by atoms with Crippen molar-refractivity contribution >= 4 is 22.7 Å². The van der Waals surface area contributed by atoms with Crippen molar-refractivity contribution in [2.75, 3.05) is 11.9 Å². The van der Waals surface area contributed by atoms with Gasteiger partial charge in [0, 0.05) is 42.3 Å². The Morgan fingerprint density at radius 3 is 2.56 bits per heavy atom. The molecule has 12 heteroatoms. The molecular weight excluding hydrogens is 509 g/mol. The number of benzene rings is 1. The molecule has 39 heavy (non-hydrogen) atoms. The second kappa shape index (κ2) is 8.10. The van der Waals surface area contributed by atoms with E-state index in [1.807, 2.05) is 19.9 Å². The van der Waals surface area contributed by atoms with E-state index in [0.717, 1.165) is 31.5 Å². The summed E-state index contributed by atoms with van der Waals surface area (Å²) in [6.45, 7) is 4.57. The summed E-state index contributed by atoms with van der Waals surface area (Å²) in [5.74, 6) is 0.133. The van der Waals surface area contributed by atoms with Gasteiger partial charge in [-0.05, 0) is 69.2 Å². The molecule has 3 aromatic heterocycles.